The summed E-state index contributed by atoms with van der Waals surface area (Å²) in [6.07, 6.45) is 7.98. The molecule has 2 bridgehead atoms. The molecule has 0 aromatic heterocycles. The first-order valence-electron chi connectivity index (χ1n) is 7.95. The van der Waals surface area contributed by atoms with E-state index in [1.165, 1.54) is 11.1 Å². The van der Waals surface area contributed by atoms with Crippen LogP contribution in [0, 0.1) is 23.7 Å². The maximum atomic E-state index is 12.6. The Balaban J connectivity index is 1.55. The molecule has 22 heavy (non-hydrogen) atoms. The van der Waals surface area contributed by atoms with Crippen molar-refractivity contribution in [3.63, 3.8) is 0 Å². The monoisotopic (exact) mass is 296 g/mol. The lowest BCUT2D eigenvalue weighted by Crippen LogP contribution is -2.42. The smallest absolute Gasteiger partial charge is 0.228 e. The second-order valence-corrected chi connectivity index (χ2v) is 6.65. The third kappa shape index (κ3) is 2.05. The number of carbonyl (C=O) groups excluding carboxylic acids is 2. The van der Waals surface area contributed by atoms with Crippen molar-refractivity contribution in [1.29, 1.82) is 0 Å². The van der Waals surface area contributed by atoms with E-state index in [9.17, 15) is 14.7 Å². The van der Waals surface area contributed by atoms with E-state index in [4.69, 9.17) is 0 Å². The van der Waals surface area contributed by atoms with Crippen LogP contribution in [-0.2, 0) is 22.4 Å². The molecule has 0 saturated heterocycles. The number of anilines is 1. The number of carbonyl (C=O) groups is 2. The molecule has 0 spiro atoms. The topological polar surface area (TPSA) is 69.2 Å². The minimum absolute atomic E-state index is 0.0299. The summed E-state index contributed by atoms with van der Waals surface area (Å²) in [6, 6.07) is 6.01. The Morgan fingerprint density at radius 3 is 2.55 bits per heavy atom. The van der Waals surface area contributed by atoms with Crippen LogP contribution in [0.25, 0.3) is 0 Å². The van der Waals surface area contributed by atoms with Crippen LogP contribution in [0.3, 0.4) is 0 Å². The Morgan fingerprint density at radius 2 is 1.77 bits per heavy atom. The van der Waals surface area contributed by atoms with E-state index in [2.05, 4.69) is 11.4 Å². The van der Waals surface area contributed by atoms with Crippen LogP contribution in [0.1, 0.15) is 24.0 Å². The third-order valence-corrected chi connectivity index (χ3v) is 5.40. The summed E-state index contributed by atoms with van der Waals surface area (Å²) in [6.45, 7) is 0. The molecule has 0 unspecified atom stereocenters. The average molecular weight is 296 g/mol. The summed E-state index contributed by atoms with van der Waals surface area (Å²) < 4.78 is 0. The lowest BCUT2D eigenvalue weighted by molar-refractivity contribution is -0.313. The third-order valence-electron chi connectivity index (χ3n) is 5.40. The fourth-order valence-corrected chi connectivity index (χ4v) is 4.38. The molecule has 1 fully saturated rings. The highest BCUT2D eigenvalue weighted by Crippen LogP contribution is 2.48. The van der Waals surface area contributed by atoms with Gasteiger partial charge >= 0.3 is 0 Å². The summed E-state index contributed by atoms with van der Waals surface area (Å²) >= 11 is 0. The van der Waals surface area contributed by atoms with Gasteiger partial charge in [0.15, 0.2) is 0 Å². The predicted octanol–water partition coefficient (Wildman–Crippen LogP) is 1.30. The van der Waals surface area contributed by atoms with Gasteiger partial charge in [-0.2, -0.15) is 0 Å². The minimum Gasteiger partial charge on any atom is -0.550 e. The molecule has 1 amide bonds. The van der Waals surface area contributed by atoms with Crippen LogP contribution < -0.4 is 10.4 Å². The van der Waals surface area contributed by atoms with E-state index in [-0.39, 0.29) is 17.7 Å². The van der Waals surface area contributed by atoms with Gasteiger partial charge in [-0.25, -0.2) is 0 Å². The molecule has 3 aliphatic rings. The predicted molar refractivity (Wildman–Crippen MR) is 79.8 cm³/mol. The largest absolute Gasteiger partial charge is 0.550 e. The molecule has 1 aromatic carbocycles. The number of nitrogens with one attached hydrogen (secondary N) is 1. The lowest BCUT2D eigenvalue weighted by Gasteiger charge is -2.27. The standard InChI is InChI=1S/C18H19NO3/c20-17(15-12-4-5-13(8-12)16(15)18(21)22)19-14-7-6-10-2-1-3-11(10)9-14/h4-7,9,12-13,15-16H,1-3,8H2,(H,19,20)(H,21,22)/p-1/t12-,13+,15+,16-/m1/s1. The number of aliphatic carboxylic acids is 1. The maximum Gasteiger partial charge on any atom is 0.228 e. The number of benzene rings is 1. The maximum absolute atomic E-state index is 12.6. The van der Waals surface area contributed by atoms with Crippen molar-refractivity contribution in [2.45, 2.75) is 25.7 Å². The van der Waals surface area contributed by atoms with Crippen molar-refractivity contribution in [2.24, 2.45) is 23.7 Å². The summed E-state index contributed by atoms with van der Waals surface area (Å²) in [5.74, 6) is -2.51. The van der Waals surface area contributed by atoms with E-state index >= 15 is 0 Å². The van der Waals surface area contributed by atoms with Gasteiger partial charge in [-0.05, 0) is 60.8 Å². The van der Waals surface area contributed by atoms with Crippen molar-refractivity contribution >= 4 is 17.6 Å². The van der Waals surface area contributed by atoms with Crippen LogP contribution in [0.2, 0.25) is 0 Å². The number of carboxylic acids is 1. The number of carboxylic acid groups (broad SMARTS) is 1. The molecular weight excluding hydrogens is 278 g/mol. The highest BCUT2D eigenvalue weighted by Gasteiger charge is 2.48. The molecule has 1 saturated carbocycles. The van der Waals surface area contributed by atoms with Crippen LogP contribution in [-0.4, -0.2) is 11.9 Å². The Morgan fingerprint density at radius 1 is 1.05 bits per heavy atom. The van der Waals surface area contributed by atoms with Gasteiger partial charge in [-0.15, -0.1) is 0 Å². The highest BCUT2D eigenvalue weighted by molar-refractivity contribution is 5.96. The first-order chi connectivity index (χ1) is 10.6. The second kappa shape index (κ2) is 4.97. The normalized spacial score (nSPS) is 31.3. The van der Waals surface area contributed by atoms with Crippen molar-refractivity contribution in [1.82, 2.24) is 0 Å². The molecule has 4 rings (SSSR count). The second-order valence-electron chi connectivity index (χ2n) is 6.65. The number of hydrogen-bond donors (Lipinski definition) is 1. The number of aryl methyl sites for hydroxylation is 2. The average Bonchev–Trinajstić information content (AvgIpc) is 3.20. The first-order valence-corrected chi connectivity index (χ1v) is 7.95. The van der Waals surface area contributed by atoms with E-state index in [0.29, 0.717) is 0 Å². The van der Waals surface area contributed by atoms with Crippen molar-refractivity contribution in [2.75, 3.05) is 5.32 Å². The van der Waals surface area contributed by atoms with Crippen LogP contribution in [0.4, 0.5) is 5.69 Å². The van der Waals surface area contributed by atoms with Gasteiger partial charge < -0.3 is 15.2 Å². The molecule has 4 atom stereocenters. The van der Waals surface area contributed by atoms with E-state index in [1.807, 2.05) is 24.3 Å². The van der Waals surface area contributed by atoms with Gasteiger partial charge in [0.2, 0.25) is 5.91 Å². The molecule has 114 valence electrons. The number of hydrogen-bond acceptors (Lipinski definition) is 3. The SMILES string of the molecule is O=C(Nc1ccc2c(c1)CCC2)[C@@H]1[C@H](C(=O)[O-])[C@H]2C=C[C@@H]1C2. The van der Waals surface area contributed by atoms with Gasteiger partial charge in [0, 0.05) is 17.6 Å². The molecule has 4 heteroatoms. The molecule has 4 nitrogen and oxygen atoms in total. The Hall–Kier alpha value is -2.10. The molecule has 1 aromatic rings. The van der Waals surface area contributed by atoms with Crippen molar-refractivity contribution in [3.05, 3.63) is 41.5 Å². The van der Waals surface area contributed by atoms with Crippen LogP contribution in [0.5, 0.6) is 0 Å². The highest BCUT2D eigenvalue weighted by atomic mass is 16.4. The van der Waals surface area contributed by atoms with Gasteiger partial charge in [0.1, 0.15) is 0 Å². The summed E-state index contributed by atoms with van der Waals surface area (Å²) in [5, 5.41) is 14.3. The van der Waals surface area contributed by atoms with E-state index in [1.54, 1.807) is 0 Å². The zero-order chi connectivity index (χ0) is 15.3. The zero-order valence-electron chi connectivity index (χ0n) is 12.2. The van der Waals surface area contributed by atoms with E-state index < -0.39 is 17.8 Å². The minimum atomic E-state index is -1.11. The van der Waals surface area contributed by atoms with Gasteiger partial charge in [-0.3, -0.25) is 4.79 Å². The number of amides is 1. The molecular formula is C18H18NO3-. The quantitative estimate of drug-likeness (QED) is 0.855. The lowest BCUT2D eigenvalue weighted by atomic mass is 9.82. The summed E-state index contributed by atoms with van der Waals surface area (Å²) in [5.41, 5.74) is 3.42. The number of allylic oxidation sites excluding steroid dienone is 2. The Bertz CT molecular complexity index is 679. The molecule has 0 aliphatic heterocycles. The van der Waals surface area contributed by atoms with Crippen molar-refractivity contribution in [3.8, 4) is 0 Å². The Kier molecular flexibility index (Phi) is 3.06. The van der Waals surface area contributed by atoms with Crippen LogP contribution >= 0.6 is 0 Å². The summed E-state index contributed by atoms with van der Waals surface area (Å²) in [4.78, 5) is 24.0. The molecule has 0 radical (unpaired) electrons. The van der Waals surface area contributed by atoms with Crippen LogP contribution in [0.15, 0.2) is 30.4 Å². The van der Waals surface area contributed by atoms with E-state index in [0.717, 1.165) is 31.4 Å². The fraction of sp³-hybridized carbons (Fsp3) is 0.444. The fourth-order valence-electron chi connectivity index (χ4n) is 4.38. The van der Waals surface area contributed by atoms with Gasteiger partial charge in [0.25, 0.3) is 0 Å². The first kappa shape index (κ1) is 13.6. The van der Waals surface area contributed by atoms with Gasteiger partial charge in [-0.1, -0.05) is 18.2 Å². The Labute approximate surface area is 129 Å². The molecule has 0 heterocycles. The molecule has 3 aliphatic carbocycles. The number of rotatable bonds is 3. The summed E-state index contributed by atoms with van der Waals surface area (Å²) in [7, 11) is 0. The van der Waals surface area contributed by atoms with Gasteiger partial charge in [0.05, 0.1) is 5.92 Å². The van der Waals surface area contributed by atoms with Crippen molar-refractivity contribution < 1.29 is 14.7 Å². The number of fused-ring (bicyclic) bond motifs is 3. The molecule has 1 N–H and O–H groups in total. The zero-order valence-corrected chi connectivity index (χ0v) is 12.2.